The Hall–Kier alpha value is -1.17. The van der Waals surface area contributed by atoms with Gasteiger partial charge in [-0.3, -0.25) is 14.9 Å². The summed E-state index contributed by atoms with van der Waals surface area (Å²) in [6, 6.07) is 11.7. The summed E-state index contributed by atoms with van der Waals surface area (Å²) in [5.41, 5.74) is 2.21. The topological polar surface area (TPSA) is 59.3 Å². The molecule has 2 amide bonds. The molecule has 23 heavy (non-hydrogen) atoms. The molecule has 0 spiro atoms. The summed E-state index contributed by atoms with van der Waals surface area (Å²) in [5, 5.41) is 1.86. The number of nitrogens with one attached hydrogen (secondary N) is 1. The van der Waals surface area contributed by atoms with Gasteiger partial charge in [-0.15, -0.1) is 0 Å². The molecule has 1 aliphatic rings. The molecule has 1 N–H and O–H groups in total. The van der Waals surface area contributed by atoms with E-state index in [4.69, 9.17) is 4.42 Å². The van der Waals surface area contributed by atoms with Crippen molar-refractivity contribution >= 4 is 29.0 Å². The number of carbonyl (C=O) groups excluding carboxylic acids is 2. The Kier molecular flexibility index (Phi) is 6.39. The molecule has 0 aliphatic carbocycles. The first-order valence-electron chi connectivity index (χ1n) is 6.89. The van der Waals surface area contributed by atoms with E-state index in [2.05, 4.69) is 24.4 Å². The van der Waals surface area contributed by atoms with Crippen molar-refractivity contribution in [3.63, 3.8) is 0 Å². The first-order chi connectivity index (χ1) is 10.7. The molecule has 0 bridgehead atoms. The molecule has 0 atom stereocenters. The third kappa shape index (κ3) is 4.43. The van der Waals surface area contributed by atoms with Crippen molar-refractivity contribution in [2.75, 3.05) is 0 Å². The van der Waals surface area contributed by atoms with E-state index in [1.807, 2.05) is 18.2 Å². The Morgan fingerprint density at radius 1 is 1.13 bits per heavy atom. The second-order valence-corrected chi connectivity index (χ2v) is 5.87. The Balaban J connectivity index is 0.00000192. The van der Waals surface area contributed by atoms with Crippen LogP contribution in [0.1, 0.15) is 17.7 Å². The molecule has 1 fully saturated rings. The number of hydrogen-bond acceptors (Lipinski definition) is 4. The van der Waals surface area contributed by atoms with Crippen molar-refractivity contribution < 1.29 is 46.7 Å². The van der Waals surface area contributed by atoms with Crippen LogP contribution in [0.3, 0.4) is 0 Å². The van der Waals surface area contributed by atoms with Crippen LogP contribution < -0.4 is 5.32 Å². The predicted molar refractivity (Wildman–Crippen MR) is 86.9 cm³/mol. The van der Waals surface area contributed by atoms with Crippen LogP contribution in [0.5, 0.6) is 0 Å². The zero-order valence-electron chi connectivity index (χ0n) is 12.4. The molecule has 2 heterocycles. The molecular formula is C17H14NO3SY-. The van der Waals surface area contributed by atoms with E-state index in [1.165, 1.54) is 5.56 Å². The second kappa shape index (κ2) is 8.09. The summed E-state index contributed by atoms with van der Waals surface area (Å²) in [4.78, 5) is 23.0. The normalized spacial score (nSPS) is 15.6. The number of amides is 2. The van der Waals surface area contributed by atoms with Crippen LogP contribution in [0.25, 0.3) is 17.4 Å². The molecule has 3 rings (SSSR count). The van der Waals surface area contributed by atoms with Gasteiger partial charge < -0.3 is 11.3 Å². The summed E-state index contributed by atoms with van der Waals surface area (Å²) in [7, 11) is 0. The van der Waals surface area contributed by atoms with E-state index in [-0.39, 0.29) is 43.9 Å². The van der Waals surface area contributed by atoms with Crippen molar-refractivity contribution in [3.8, 4) is 11.3 Å². The number of furan rings is 1. The average Bonchev–Trinajstić information content (AvgIpc) is 3.08. The van der Waals surface area contributed by atoms with Crippen LogP contribution in [-0.2, 0) is 43.9 Å². The van der Waals surface area contributed by atoms with Gasteiger partial charge in [-0.25, -0.2) is 0 Å². The number of aryl methyl sites for hydroxylation is 1. The first-order valence-corrected chi connectivity index (χ1v) is 7.70. The van der Waals surface area contributed by atoms with Crippen LogP contribution in [0.4, 0.5) is 4.79 Å². The minimum absolute atomic E-state index is 0. The van der Waals surface area contributed by atoms with Crippen molar-refractivity contribution in [1.29, 1.82) is 0 Å². The number of carbonyl (C=O) groups is 2. The minimum Gasteiger partial charge on any atom is -0.457 e. The molecule has 0 saturated carbocycles. The largest absolute Gasteiger partial charge is 0.457 e. The SMILES string of the molecule is [CH2-]CCc1ccc(-c2ccc(/C=C3\SC(=O)NC3=O)o2)cc1.[Y]. The van der Waals surface area contributed by atoms with Gasteiger partial charge in [-0.2, -0.15) is 6.42 Å². The van der Waals surface area contributed by atoms with E-state index in [0.717, 1.165) is 35.9 Å². The standard InChI is InChI=1S/C17H14NO3S.Y/c1-2-3-11-4-6-12(7-5-11)14-9-8-13(21-14)10-15-16(19)18-17(20)22-15;/h4-10H,1-3H2,(H,18,19,20);/q-1;/b15-10-;. The maximum Gasteiger partial charge on any atom is 0.290 e. The van der Waals surface area contributed by atoms with Crippen LogP contribution in [-0.4, -0.2) is 11.1 Å². The van der Waals surface area contributed by atoms with Crippen LogP contribution in [0.2, 0.25) is 0 Å². The molecule has 1 aliphatic heterocycles. The molecule has 1 saturated heterocycles. The molecule has 4 nitrogen and oxygen atoms in total. The molecule has 115 valence electrons. The smallest absolute Gasteiger partial charge is 0.290 e. The minimum atomic E-state index is -0.384. The van der Waals surface area contributed by atoms with Crippen molar-refractivity contribution in [2.45, 2.75) is 12.8 Å². The van der Waals surface area contributed by atoms with Crippen molar-refractivity contribution in [3.05, 3.63) is 59.6 Å². The van der Waals surface area contributed by atoms with Gasteiger partial charge in [0, 0.05) is 44.3 Å². The van der Waals surface area contributed by atoms with Gasteiger partial charge in [0.15, 0.2) is 0 Å². The van der Waals surface area contributed by atoms with Gasteiger partial charge in [0.25, 0.3) is 11.1 Å². The quantitative estimate of drug-likeness (QED) is 0.621. The molecule has 1 aromatic heterocycles. The summed E-state index contributed by atoms with van der Waals surface area (Å²) < 4.78 is 5.72. The summed E-state index contributed by atoms with van der Waals surface area (Å²) in [6.45, 7) is 3.84. The molecule has 6 heteroatoms. The molecule has 2 aromatic rings. The first kappa shape index (κ1) is 18.2. The molecule has 1 aromatic carbocycles. The maximum atomic E-state index is 11.5. The number of benzene rings is 1. The van der Waals surface area contributed by atoms with E-state index in [0.29, 0.717) is 10.7 Å². The zero-order valence-corrected chi connectivity index (χ0v) is 16.0. The number of imide groups is 1. The number of rotatable bonds is 4. The Morgan fingerprint density at radius 3 is 2.48 bits per heavy atom. The van der Waals surface area contributed by atoms with E-state index in [1.54, 1.807) is 12.1 Å². The van der Waals surface area contributed by atoms with E-state index >= 15 is 0 Å². The third-order valence-corrected chi connectivity index (χ3v) is 4.06. The summed E-state index contributed by atoms with van der Waals surface area (Å²) in [6.07, 6.45) is 3.40. The predicted octanol–water partition coefficient (Wildman–Crippen LogP) is 4.03. The fraction of sp³-hybridized carbons (Fsp3) is 0.118. The summed E-state index contributed by atoms with van der Waals surface area (Å²) in [5.74, 6) is 0.886. The van der Waals surface area contributed by atoms with Crippen LogP contribution in [0.15, 0.2) is 45.7 Å². The fourth-order valence-electron chi connectivity index (χ4n) is 2.18. The van der Waals surface area contributed by atoms with Crippen molar-refractivity contribution in [1.82, 2.24) is 5.32 Å². The van der Waals surface area contributed by atoms with E-state index in [9.17, 15) is 9.59 Å². The van der Waals surface area contributed by atoms with Gasteiger partial charge in [0.2, 0.25) is 0 Å². The number of hydrogen-bond donors (Lipinski definition) is 1. The zero-order chi connectivity index (χ0) is 15.5. The number of thioether (sulfide) groups is 1. The van der Waals surface area contributed by atoms with Gasteiger partial charge in [0.05, 0.1) is 4.91 Å². The fourth-order valence-corrected chi connectivity index (χ4v) is 2.84. The van der Waals surface area contributed by atoms with Gasteiger partial charge in [0.1, 0.15) is 11.5 Å². The third-order valence-electron chi connectivity index (χ3n) is 3.25. The summed E-state index contributed by atoms with van der Waals surface area (Å²) >= 11 is 0.877. The van der Waals surface area contributed by atoms with Gasteiger partial charge in [-0.05, 0) is 23.9 Å². The molecular weight excluding hydrogens is 387 g/mol. The second-order valence-electron chi connectivity index (χ2n) is 4.85. The Labute approximate surface area is 164 Å². The van der Waals surface area contributed by atoms with Crippen LogP contribution >= 0.6 is 11.8 Å². The van der Waals surface area contributed by atoms with Gasteiger partial charge in [-0.1, -0.05) is 36.2 Å². The Bertz CT molecular complexity index is 749. The monoisotopic (exact) mass is 401 g/mol. The molecule has 0 unspecified atom stereocenters. The van der Waals surface area contributed by atoms with Gasteiger partial charge >= 0.3 is 0 Å². The maximum absolute atomic E-state index is 11.5. The average molecular weight is 401 g/mol. The van der Waals surface area contributed by atoms with Crippen LogP contribution in [0, 0.1) is 6.92 Å². The molecule has 1 radical (unpaired) electrons. The Morgan fingerprint density at radius 2 is 1.87 bits per heavy atom. The van der Waals surface area contributed by atoms with Crippen molar-refractivity contribution in [2.24, 2.45) is 0 Å². The van der Waals surface area contributed by atoms with E-state index < -0.39 is 0 Å².